The number of hydrogen-bond acceptors (Lipinski definition) is 4. The topological polar surface area (TPSA) is 53.6 Å². The number of nitrogens with one attached hydrogen (secondary N) is 2. The summed E-state index contributed by atoms with van der Waals surface area (Å²) in [6.07, 6.45) is 0. The van der Waals surface area contributed by atoms with E-state index in [0.717, 1.165) is 31.1 Å². The summed E-state index contributed by atoms with van der Waals surface area (Å²) in [5, 5.41) is 6.13. The molecule has 5 heteroatoms. The van der Waals surface area contributed by atoms with E-state index in [-0.39, 0.29) is 5.91 Å². The number of carbonyl (C=O) groups excluding carboxylic acids is 1. The van der Waals surface area contributed by atoms with Gasteiger partial charge in [-0.2, -0.15) is 0 Å². The summed E-state index contributed by atoms with van der Waals surface area (Å²) in [5.74, 6) is 0.813. The van der Waals surface area contributed by atoms with Gasteiger partial charge in [0.2, 0.25) is 5.91 Å². The first kappa shape index (κ1) is 13.8. The minimum absolute atomic E-state index is 0.0268. The molecule has 1 aromatic carbocycles. The molecule has 1 heterocycles. The number of benzene rings is 1. The highest BCUT2D eigenvalue weighted by Crippen LogP contribution is 2.15. The van der Waals surface area contributed by atoms with Crippen LogP contribution in [0.3, 0.4) is 0 Å². The van der Waals surface area contributed by atoms with Crippen molar-refractivity contribution in [3.63, 3.8) is 0 Å². The van der Waals surface area contributed by atoms with Gasteiger partial charge in [-0.15, -0.1) is 0 Å². The molecule has 0 spiro atoms. The van der Waals surface area contributed by atoms with Crippen LogP contribution in [0.15, 0.2) is 24.3 Å². The Hall–Kier alpha value is -1.59. The fourth-order valence-corrected chi connectivity index (χ4v) is 2.09. The molecule has 0 aliphatic carbocycles. The molecule has 2 rings (SSSR count). The van der Waals surface area contributed by atoms with E-state index in [0.29, 0.717) is 12.6 Å². The lowest BCUT2D eigenvalue weighted by molar-refractivity contribution is -0.118. The summed E-state index contributed by atoms with van der Waals surface area (Å²) in [6.45, 7) is 5.36. The highest BCUT2D eigenvalue weighted by atomic mass is 16.5. The predicted octanol–water partition coefficient (Wildman–Crippen LogP) is 0.927. The van der Waals surface area contributed by atoms with Crippen molar-refractivity contribution >= 4 is 11.6 Å². The van der Waals surface area contributed by atoms with Crippen LogP contribution in [0.4, 0.5) is 5.69 Å². The van der Waals surface area contributed by atoms with Crippen LogP contribution in [0, 0.1) is 0 Å². The average Bonchev–Trinajstić information content (AvgIpc) is 2.36. The smallest absolute Gasteiger partial charge is 0.238 e. The Morgan fingerprint density at radius 1 is 1.42 bits per heavy atom. The third kappa shape index (κ3) is 3.68. The van der Waals surface area contributed by atoms with Gasteiger partial charge in [0.1, 0.15) is 5.75 Å². The molecule has 0 bridgehead atoms. The third-order valence-electron chi connectivity index (χ3n) is 3.40. The van der Waals surface area contributed by atoms with Gasteiger partial charge in [-0.05, 0) is 30.8 Å². The number of amides is 1. The van der Waals surface area contributed by atoms with Crippen LogP contribution < -0.4 is 15.4 Å². The van der Waals surface area contributed by atoms with Gasteiger partial charge in [-0.3, -0.25) is 9.69 Å². The van der Waals surface area contributed by atoms with E-state index in [1.807, 2.05) is 24.3 Å². The zero-order valence-electron chi connectivity index (χ0n) is 11.5. The number of ether oxygens (including phenoxy) is 1. The lowest BCUT2D eigenvalue weighted by atomic mass is 10.1. The second kappa shape index (κ2) is 6.54. The number of likely N-dealkylation sites (N-methyl/N-ethyl adjacent to an activating group) is 1. The number of hydrogen-bond donors (Lipinski definition) is 2. The minimum atomic E-state index is 0.0268. The molecule has 0 aromatic heterocycles. The second-order valence-electron chi connectivity index (χ2n) is 4.65. The van der Waals surface area contributed by atoms with Gasteiger partial charge in [0, 0.05) is 24.8 Å². The molecular weight excluding hydrogens is 242 g/mol. The highest BCUT2D eigenvalue weighted by Gasteiger charge is 2.24. The summed E-state index contributed by atoms with van der Waals surface area (Å²) in [4.78, 5) is 14.2. The number of methoxy groups -OCH3 is 1. The highest BCUT2D eigenvalue weighted by molar-refractivity contribution is 5.92. The van der Waals surface area contributed by atoms with Crippen LogP contribution in [0.25, 0.3) is 0 Å². The Kier molecular flexibility index (Phi) is 4.76. The van der Waals surface area contributed by atoms with E-state index in [4.69, 9.17) is 4.74 Å². The van der Waals surface area contributed by atoms with E-state index in [1.165, 1.54) is 0 Å². The lowest BCUT2D eigenvalue weighted by Gasteiger charge is -2.37. The first-order valence-corrected chi connectivity index (χ1v) is 6.61. The summed E-state index contributed by atoms with van der Waals surface area (Å²) >= 11 is 0. The zero-order chi connectivity index (χ0) is 13.7. The molecule has 1 amide bonds. The van der Waals surface area contributed by atoms with Crippen molar-refractivity contribution in [3.05, 3.63) is 24.3 Å². The van der Waals surface area contributed by atoms with Crippen LogP contribution >= 0.6 is 0 Å². The first-order valence-electron chi connectivity index (χ1n) is 6.61. The van der Waals surface area contributed by atoms with Crippen LogP contribution in [0.5, 0.6) is 5.75 Å². The molecule has 0 radical (unpaired) electrons. The summed E-state index contributed by atoms with van der Waals surface area (Å²) < 4.78 is 5.08. The molecule has 1 saturated heterocycles. The Bertz CT molecular complexity index is 415. The van der Waals surface area contributed by atoms with Crippen LogP contribution in [-0.2, 0) is 4.79 Å². The van der Waals surface area contributed by atoms with Crippen LogP contribution in [0.1, 0.15) is 6.92 Å². The average molecular weight is 263 g/mol. The monoisotopic (exact) mass is 263 g/mol. The maximum atomic E-state index is 12.0. The Morgan fingerprint density at radius 2 is 2.11 bits per heavy atom. The molecule has 1 fully saturated rings. The number of anilines is 1. The van der Waals surface area contributed by atoms with E-state index < -0.39 is 0 Å². The van der Waals surface area contributed by atoms with Gasteiger partial charge in [0.25, 0.3) is 0 Å². The maximum absolute atomic E-state index is 12.0. The SMILES string of the molecule is CCN(CC(=O)Nc1ccc(OC)cc1)C1CNC1. The fraction of sp³-hybridized carbons (Fsp3) is 0.500. The molecule has 1 aliphatic rings. The quantitative estimate of drug-likeness (QED) is 0.801. The third-order valence-corrected chi connectivity index (χ3v) is 3.40. The van der Waals surface area contributed by atoms with Crippen molar-refractivity contribution in [2.45, 2.75) is 13.0 Å². The Morgan fingerprint density at radius 3 is 2.58 bits per heavy atom. The van der Waals surface area contributed by atoms with E-state index in [1.54, 1.807) is 7.11 Å². The van der Waals surface area contributed by atoms with Crippen LogP contribution in [0.2, 0.25) is 0 Å². The largest absolute Gasteiger partial charge is 0.497 e. The standard InChI is InChI=1S/C14H21N3O2/c1-3-17(12-8-15-9-12)10-14(18)16-11-4-6-13(19-2)7-5-11/h4-7,12,15H,3,8-10H2,1-2H3,(H,16,18). The summed E-state index contributed by atoms with van der Waals surface area (Å²) in [6, 6.07) is 7.86. The number of carbonyl (C=O) groups is 1. The number of rotatable bonds is 6. The minimum Gasteiger partial charge on any atom is -0.497 e. The van der Waals surface area contributed by atoms with Crippen LogP contribution in [-0.4, -0.2) is 50.1 Å². The first-order chi connectivity index (χ1) is 9.22. The molecule has 104 valence electrons. The van der Waals surface area contributed by atoms with E-state index in [9.17, 15) is 4.79 Å². The van der Waals surface area contributed by atoms with Gasteiger partial charge >= 0.3 is 0 Å². The molecule has 1 aromatic rings. The normalized spacial score (nSPS) is 15.1. The summed E-state index contributed by atoms with van der Waals surface area (Å²) in [5.41, 5.74) is 0.800. The molecule has 5 nitrogen and oxygen atoms in total. The van der Waals surface area contributed by atoms with E-state index >= 15 is 0 Å². The molecule has 0 saturated carbocycles. The van der Waals surface area contributed by atoms with Crippen molar-refractivity contribution < 1.29 is 9.53 Å². The van der Waals surface area contributed by atoms with Crippen molar-refractivity contribution in [2.24, 2.45) is 0 Å². The van der Waals surface area contributed by atoms with Gasteiger partial charge in [0.15, 0.2) is 0 Å². The molecule has 0 unspecified atom stereocenters. The fourth-order valence-electron chi connectivity index (χ4n) is 2.09. The van der Waals surface area contributed by atoms with Gasteiger partial charge < -0.3 is 15.4 Å². The zero-order valence-corrected chi connectivity index (χ0v) is 11.5. The molecule has 0 atom stereocenters. The van der Waals surface area contributed by atoms with Gasteiger partial charge in [-0.1, -0.05) is 6.92 Å². The van der Waals surface area contributed by atoms with E-state index in [2.05, 4.69) is 22.5 Å². The second-order valence-corrected chi connectivity index (χ2v) is 4.65. The molecule has 1 aliphatic heterocycles. The van der Waals surface area contributed by atoms with Crippen molar-refractivity contribution in [2.75, 3.05) is 38.6 Å². The summed E-state index contributed by atoms with van der Waals surface area (Å²) in [7, 11) is 1.62. The van der Waals surface area contributed by atoms with Crippen molar-refractivity contribution in [3.8, 4) is 5.75 Å². The van der Waals surface area contributed by atoms with Crippen molar-refractivity contribution in [1.29, 1.82) is 0 Å². The molecule has 2 N–H and O–H groups in total. The molecular formula is C14H21N3O2. The Balaban J connectivity index is 1.85. The number of nitrogens with zero attached hydrogens (tertiary/aromatic N) is 1. The lowest BCUT2D eigenvalue weighted by Crippen LogP contribution is -2.58. The maximum Gasteiger partial charge on any atom is 0.238 e. The van der Waals surface area contributed by atoms with Gasteiger partial charge in [0.05, 0.1) is 13.7 Å². The predicted molar refractivity (Wildman–Crippen MR) is 75.5 cm³/mol. The van der Waals surface area contributed by atoms with Gasteiger partial charge in [-0.25, -0.2) is 0 Å². The molecule has 19 heavy (non-hydrogen) atoms. The Labute approximate surface area is 113 Å². The van der Waals surface area contributed by atoms with Crippen molar-refractivity contribution in [1.82, 2.24) is 10.2 Å².